The number of likely N-dealkylation sites (tertiary alicyclic amines) is 1. The largest absolute Gasteiger partial charge is 0.444 e. The summed E-state index contributed by atoms with van der Waals surface area (Å²) in [5.74, 6) is -0.488. The van der Waals surface area contributed by atoms with Crippen molar-refractivity contribution in [2.75, 3.05) is 18.4 Å². The second-order valence-electron chi connectivity index (χ2n) is 8.17. The van der Waals surface area contributed by atoms with Gasteiger partial charge in [0.15, 0.2) is 5.13 Å². The molecule has 156 valence electrons. The second-order valence-corrected chi connectivity index (χ2v) is 9.28. The van der Waals surface area contributed by atoms with Crippen molar-refractivity contribution in [3.05, 3.63) is 46.7 Å². The Morgan fingerprint density at radius 2 is 1.90 bits per heavy atom. The fraction of sp³-hybridized carbons (Fsp3) is 0.476. The molecule has 3 rings (SSSR count). The van der Waals surface area contributed by atoms with E-state index < -0.39 is 5.60 Å². The van der Waals surface area contributed by atoms with E-state index >= 15 is 0 Å². The Morgan fingerprint density at radius 3 is 2.52 bits per heavy atom. The topological polar surface area (TPSA) is 71.5 Å². The normalized spacial score (nSPS) is 15.2. The van der Waals surface area contributed by atoms with Crippen LogP contribution in [0.15, 0.2) is 30.5 Å². The number of piperidine rings is 1. The predicted molar refractivity (Wildman–Crippen MR) is 110 cm³/mol. The van der Waals surface area contributed by atoms with E-state index in [1.54, 1.807) is 23.2 Å². The minimum absolute atomic E-state index is 0.0727. The minimum atomic E-state index is -0.526. The third-order valence-electron chi connectivity index (χ3n) is 4.59. The zero-order chi connectivity index (χ0) is 21.0. The molecule has 2 aromatic rings. The zero-order valence-corrected chi connectivity index (χ0v) is 17.7. The standard InChI is InChI=1S/C21H26FN3O3S/c1-21(2,3)28-20(27)25-10-8-15(9-11-25)18(26)24-19-23-13-17(29-19)12-14-4-6-16(22)7-5-14/h4-7,13,15H,8-12H2,1-3H3,(H,23,24,26). The van der Waals surface area contributed by atoms with Gasteiger partial charge in [-0.15, -0.1) is 11.3 Å². The molecule has 0 aliphatic carbocycles. The van der Waals surface area contributed by atoms with Crippen molar-refractivity contribution >= 4 is 28.5 Å². The smallest absolute Gasteiger partial charge is 0.410 e. The van der Waals surface area contributed by atoms with Gasteiger partial charge in [0, 0.05) is 36.5 Å². The number of nitrogens with zero attached hydrogens (tertiary/aromatic N) is 2. The van der Waals surface area contributed by atoms with Crippen LogP contribution in [0.1, 0.15) is 44.1 Å². The number of amides is 2. The van der Waals surface area contributed by atoms with Crippen molar-refractivity contribution < 1.29 is 18.7 Å². The maximum atomic E-state index is 13.0. The van der Waals surface area contributed by atoms with E-state index in [0.717, 1.165) is 10.4 Å². The first-order chi connectivity index (χ1) is 13.7. The van der Waals surface area contributed by atoms with Gasteiger partial charge in [-0.25, -0.2) is 14.2 Å². The zero-order valence-electron chi connectivity index (χ0n) is 16.9. The Balaban J connectivity index is 1.48. The van der Waals surface area contributed by atoms with Crippen LogP contribution in [0.5, 0.6) is 0 Å². The van der Waals surface area contributed by atoms with Crippen LogP contribution in [0.25, 0.3) is 0 Å². The van der Waals surface area contributed by atoms with Gasteiger partial charge < -0.3 is 15.0 Å². The van der Waals surface area contributed by atoms with Crippen molar-refractivity contribution in [3.8, 4) is 0 Å². The molecule has 0 radical (unpaired) electrons. The molecule has 29 heavy (non-hydrogen) atoms. The van der Waals surface area contributed by atoms with Crippen molar-refractivity contribution in [1.29, 1.82) is 0 Å². The minimum Gasteiger partial charge on any atom is -0.444 e. The van der Waals surface area contributed by atoms with Gasteiger partial charge in [0.25, 0.3) is 0 Å². The van der Waals surface area contributed by atoms with Crippen molar-refractivity contribution in [3.63, 3.8) is 0 Å². The number of anilines is 1. The summed E-state index contributed by atoms with van der Waals surface area (Å²) < 4.78 is 18.4. The summed E-state index contributed by atoms with van der Waals surface area (Å²) in [4.78, 5) is 31.6. The van der Waals surface area contributed by atoms with E-state index in [1.807, 2.05) is 20.8 Å². The number of hydrogen-bond acceptors (Lipinski definition) is 5. The van der Waals surface area contributed by atoms with E-state index in [0.29, 0.717) is 37.5 Å². The molecule has 6 nitrogen and oxygen atoms in total. The first-order valence-corrected chi connectivity index (χ1v) is 10.5. The lowest BCUT2D eigenvalue weighted by Gasteiger charge is -2.32. The number of rotatable bonds is 4. The Hall–Kier alpha value is -2.48. The molecule has 0 atom stereocenters. The van der Waals surface area contributed by atoms with Gasteiger partial charge in [0.05, 0.1) is 0 Å². The lowest BCUT2D eigenvalue weighted by Crippen LogP contribution is -2.43. The molecule has 0 saturated carbocycles. The molecule has 0 unspecified atom stereocenters. The van der Waals surface area contributed by atoms with E-state index in [1.165, 1.54) is 23.5 Å². The lowest BCUT2D eigenvalue weighted by atomic mass is 9.96. The van der Waals surface area contributed by atoms with Crippen molar-refractivity contribution in [2.45, 2.75) is 45.6 Å². The molecule has 2 amide bonds. The first kappa shape index (κ1) is 21.2. The van der Waals surface area contributed by atoms with Crippen LogP contribution in [0.4, 0.5) is 14.3 Å². The molecule has 1 saturated heterocycles. The summed E-state index contributed by atoms with van der Waals surface area (Å²) in [6.45, 7) is 6.51. The molecule has 1 aliphatic rings. The van der Waals surface area contributed by atoms with Crippen LogP contribution >= 0.6 is 11.3 Å². The third kappa shape index (κ3) is 6.25. The molecule has 1 fully saturated rings. The van der Waals surface area contributed by atoms with Crippen LogP contribution in [0.3, 0.4) is 0 Å². The molecule has 8 heteroatoms. The number of ether oxygens (including phenoxy) is 1. The van der Waals surface area contributed by atoms with Gasteiger partial charge in [0.1, 0.15) is 11.4 Å². The Bertz CT molecular complexity index is 853. The van der Waals surface area contributed by atoms with Crippen molar-refractivity contribution in [1.82, 2.24) is 9.88 Å². The molecule has 1 aromatic heterocycles. The number of carbonyl (C=O) groups excluding carboxylic acids is 2. The fourth-order valence-electron chi connectivity index (χ4n) is 3.11. The Kier molecular flexibility index (Phi) is 6.52. The van der Waals surface area contributed by atoms with E-state index in [2.05, 4.69) is 10.3 Å². The van der Waals surface area contributed by atoms with Crippen LogP contribution in [0.2, 0.25) is 0 Å². The average Bonchev–Trinajstić information content (AvgIpc) is 3.09. The summed E-state index contributed by atoms with van der Waals surface area (Å²) in [7, 11) is 0. The highest BCUT2D eigenvalue weighted by Gasteiger charge is 2.30. The van der Waals surface area contributed by atoms with Gasteiger partial charge in [-0.2, -0.15) is 0 Å². The van der Waals surface area contributed by atoms with Crippen LogP contribution < -0.4 is 5.32 Å². The van der Waals surface area contributed by atoms with E-state index in [-0.39, 0.29) is 23.7 Å². The Labute approximate surface area is 174 Å². The average molecular weight is 420 g/mol. The highest BCUT2D eigenvalue weighted by atomic mass is 32.1. The summed E-state index contributed by atoms with van der Waals surface area (Å²) in [5.41, 5.74) is 0.462. The van der Waals surface area contributed by atoms with Gasteiger partial charge in [-0.05, 0) is 51.3 Å². The number of benzene rings is 1. The SMILES string of the molecule is CC(C)(C)OC(=O)N1CCC(C(=O)Nc2ncc(Cc3ccc(F)cc3)s2)CC1. The number of hydrogen-bond donors (Lipinski definition) is 1. The van der Waals surface area contributed by atoms with Crippen molar-refractivity contribution in [2.24, 2.45) is 5.92 Å². The van der Waals surface area contributed by atoms with Crippen LogP contribution in [-0.2, 0) is 16.0 Å². The summed E-state index contributed by atoms with van der Waals surface area (Å²) in [6.07, 6.45) is 3.23. The molecule has 1 aliphatic heterocycles. The van der Waals surface area contributed by atoms with Crippen LogP contribution in [0, 0.1) is 11.7 Å². The summed E-state index contributed by atoms with van der Waals surface area (Å²) >= 11 is 1.41. The maximum absolute atomic E-state index is 13.0. The molecule has 2 heterocycles. The molecule has 1 aromatic carbocycles. The number of halogens is 1. The number of carbonyl (C=O) groups is 2. The van der Waals surface area contributed by atoms with Gasteiger partial charge in [-0.1, -0.05) is 12.1 Å². The third-order valence-corrected chi connectivity index (χ3v) is 5.51. The highest BCUT2D eigenvalue weighted by molar-refractivity contribution is 7.15. The molecule has 0 spiro atoms. The van der Waals surface area contributed by atoms with Gasteiger partial charge >= 0.3 is 6.09 Å². The predicted octanol–water partition coefficient (Wildman–Crippen LogP) is 4.46. The monoisotopic (exact) mass is 419 g/mol. The summed E-state index contributed by atoms with van der Waals surface area (Å²) in [6, 6.07) is 6.35. The van der Waals surface area contributed by atoms with E-state index in [9.17, 15) is 14.0 Å². The maximum Gasteiger partial charge on any atom is 0.410 e. The molecule has 0 bridgehead atoms. The molecular formula is C21H26FN3O3S. The summed E-state index contributed by atoms with van der Waals surface area (Å²) in [5, 5.41) is 3.44. The Morgan fingerprint density at radius 1 is 1.24 bits per heavy atom. The van der Waals surface area contributed by atoms with Gasteiger partial charge in [0.2, 0.25) is 5.91 Å². The van der Waals surface area contributed by atoms with Gasteiger partial charge in [-0.3, -0.25) is 4.79 Å². The molecule has 1 N–H and O–H groups in total. The second kappa shape index (κ2) is 8.90. The number of nitrogens with one attached hydrogen (secondary N) is 1. The quantitative estimate of drug-likeness (QED) is 0.794. The highest BCUT2D eigenvalue weighted by Crippen LogP contribution is 2.25. The molecular weight excluding hydrogens is 393 g/mol. The first-order valence-electron chi connectivity index (χ1n) is 9.67. The van der Waals surface area contributed by atoms with E-state index in [4.69, 9.17) is 4.74 Å². The number of thiazole rings is 1. The number of aromatic nitrogens is 1. The fourth-order valence-corrected chi connectivity index (χ4v) is 3.96. The lowest BCUT2D eigenvalue weighted by molar-refractivity contribution is -0.121. The van der Waals surface area contributed by atoms with Crippen LogP contribution in [-0.4, -0.2) is 40.6 Å².